The van der Waals surface area contributed by atoms with E-state index in [9.17, 15) is 4.79 Å². The van der Waals surface area contributed by atoms with E-state index in [0.29, 0.717) is 17.2 Å². The van der Waals surface area contributed by atoms with Crippen LogP contribution in [0.2, 0.25) is 0 Å². The Labute approximate surface area is 153 Å². The Hall–Kier alpha value is -2.95. The number of Topliss-reactive ketones (excluding diaryl/α,β-unsaturated/α-hetero) is 1. The number of carbonyl (C=O) groups excluding carboxylic acids is 1. The van der Waals surface area contributed by atoms with E-state index in [0.717, 1.165) is 5.56 Å². The smallest absolute Gasteiger partial charge is 0.247 e. The average Bonchev–Trinajstić information content (AvgIpc) is 3.16. The van der Waals surface area contributed by atoms with Crippen molar-refractivity contribution < 1.29 is 13.9 Å². The van der Waals surface area contributed by atoms with Crippen molar-refractivity contribution in [2.24, 2.45) is 0 Å². The highest BCUT2D eigenvalue weighted by Crippen LogP contribution is 2.24. The molecule has 134 valence electrons. The van der Waals surface area contributed by atoms with Gasteiger partial charge in [-0.05, 0) is 42.2 Å². The van der Waals surface area contributed by atoms with E-state index in [1.54, 1.807) is 19.1 Å². The summed E-state index contributed by atoms with van der Waals surface area (Å²) in [5.74, 6) is 1.01. The lowest BCUT2D eigenvalue weighted by molar-refractivity contribution is 0.0818. The fourth-order valence-electron chi connectivity index (χ4n) is 2.60. The van der Waals surface area contributed by atoms with Gasteiger partial charge in [-0.25, -0.2) is 0 Å². The van der Waals surface area contributed by atoms with Crippen LogP contribution in [0, 0.1) is 0 Å². The molecule has 1 heterocycles. The average molecular weight is 350 g/mol. The second-order valence-electron chi connectivity index (χ2n) is 7.22. The molecule has 2 aromatic carbocycles. The summed E-state index contributed by atoms with van der Waals surface area (Å²) in [6, 6.07) is 14.9. The first-order valence-corrected chi connectivity index (χ1v) is 8.52. The molecule has 3 rings (SSSR count). The molecule has 0 spiro atoms. The molecule has 0 aliphatic rings. The van der Waals surface area contributed by atoms with Gasteiger partial charge < -0.3 is 9.15 Å². The van der Waals surface area contributed by atoms with Crippen molar-refractivity contribution in [2.45, 2.75) is 39.2 Å². The molecule has 5 heteroatoms. The maximum Gasteiger partial charge on any atom is 0.247 e. The minimum Gasteiger partial charge on any atom is -0.483 e. The number of ketones is 1. The molecule has 0 bridgehead atoms. The van der Waals surface area contributed by atoms with Crippen LogP contribution in [0.4, 0.5) is 0 Å². The number of nitrogens with zero attached hydrogens (tertiary/aromatic N) is 2. The van der Waals surface area contributed by atoms with Crippen molar-refractivity contribution in [3.8, 4) is 17.2 Å². The Balaban J connectivity index is 1.67. The lowest BCUT2D eigenvalue weighted by atomic mass is 9.86. The third-order valence-electron chi connectivity index (χ3n) is 4.18. The van der Waals surface area contributed by atoms with E-state index in [2.05, 4.69) is 31.0 Å². The van der Waals surface area contributed by atoms with E-state index in [-0.39, 0.29) is 11.2 Å². The molecule has 0 aliphatic carbocycles. The Morgan fingerprint density at radius 3 is 2.23 bits per heavy atom. The molecule has 0 saturated carbocycles. The van der Waals surface area contributed by atoms with Gasteiger partial charge in [-0.15, -0.1) is 10.2 Å². The molecular formula is C21H22N2O3. The monoisotopic (exact) mass is 350 g/mol. The zero-order chi connectivity index (χ0) is 18.7. The number of rotatable bonds is 5. The highest BCUT2D eigenvalue weighted by atomic mass is 16.5. The van der Waals surface area contributed by atoms with Crippen molar-refractivity contribution in [2.75, 3.05) is 0 Å². The molecular weight excluding hydrogens is 328 g/mol. The zero-order valence-electron chi connectivity index (χ0n) is 15.4. The van der Waals surface area contributed by atoms with E-state index >= 15 is 0 Å². The lowest BCUT2D eigenvalue weighted by Gasteiger charge is -2.19. The molecule has 0 unspecified atom stereocenters. The standard InChI is InChI=1S/C21H22N2O3/c1-14(19(24)15-5-9-17(10-6-15)21(2,3)4)26-18-11-7-16(8-12-18)20-23-22-13-25-20/h5-14H,1-4H3/t14-/m1/s1. The number of benzene rings is 2. The molecule has 0 aliphatic heterocycles. The van der Waals surface area contributed by atoms with Crippen LogP contribution < -0.4 is 4.74 Å². The van der Waals surface area contributed by atoms with E-state index in [4.69, 9.17) is 9.15 Å². The third kappa shape index (κ3) is 3.99. The summed E-state index contributed by atoms with van der Waals surface area (Å²) in [6.45, 7) is 8.19. The fourth-order valence-corrected chi connectivity index (χ4v) is 2.60. The number of carbonyl (C=O) groups is 1. The van der Waals surface area contributed by atoms with Crippen LogP contribution in [0.1, 0.15) is 43.6 Å². The molecule has 0 saturated heterocycles. The summed E-state index contributed by atoms with van der Waals surface area (Å²) < 4.78 is 10.9. The highest BCUT2D eigenvalue weighted by Gasteiger charge is 2.19. The number of hydrogen-bond acceptors (Lipinski definition) is 5. The summed E-state index contributed by atoms with van der Waals surface area (Å²) in [5.41, 5.74) is 2.70. The largest absolute Gasteiger partial charge is 0.483 e. The highest BCUT2D eigenvalue weighted by molar-refractivity contribution is 5.99. The zero-order valence-corrected chi connectivity index (χ0v) is 15.4. The maximum atomic E-state index is 12.6. The van der Waals surface area contributed by atoms with Crippen LogP contribution in [0.5, 0.6) is 5.75 Å². The van der Waals surface area contributed by atoms with Gasteiger partial charge in [0.1, 0.15) is 5.75 Å². The van der Waals surface area contributed by atoms with Gasteiger partial charge in [0, 0.05) is 11.1 Å². The molecule has 0 amide bonds. The topological polar surface area (TPSA) is 65.2 Å². The van der Waals surface area contributed by atoms with Crippen LogP contribution in [0.25, 0.3) is 11.5 Å². The van der Waals surface area contributed by atoms with Gasteiger partial charge in [0.25, 0.3) is 0 Å². The van der Waals surface area contributed by atoms with Crippen LogP contribution in [0.3, 0.4) is 0 Å². The van der Waals surface area contributed by atoms with Crippen molar-refractivity contribution in [3.05, 3.63) is 66.1 Å². The normalized spacial score (nSPS) is 12.6. The third-order valence-corrected chi connectivity index (χ3v) is 4.18. The molecule has 1 atom stereocenters. The van der Waals surface area contributed by atoms with Gasteiger partial charge in [0.15, 0.2) is 6.10 Å². The lowest BCUT2D eigenvalue weighted by Crippen LogP contribution is -2.24. The summed E-state index contributed by atoms with van der Waals surface area (Å²) >= 11 is 0. The molecule has 0 radical (unpaired) electrons. The fraction of sp³-hybridized carbons (Fsp3) is 0.286. The predicted octanol–water partition coefficient (Wildman–Crippen LogP) is 4.68. The first-order valence-electron chi connectivity index (χ1n) is 8.52. The Bertz CT molecular complexity index is 861. The minimum atomic E-state index is -0.579. The van der Waals surface area contributed by atoms with Crippen molar-refractivity contribution in [1.82, 2.24) is 10.2 Å². The van der Waals surface area contributed by atoms with Crippen molar-refractivity contribution in [3.63, 3.8) is 0 Å². The molecule has 5 nitrogen and oxygen atoms in total. The molecule has 1 aromatic heterocycles. The van der Waals surface area contributed by atoms with Crippen LogP contribution in [-0.2, 0) is 5.41 Å². The Kier molecular flexibility index (Phi) is 4.89. The second kappa shape index (κ2) is 7.12. The SMILES string of the molecule is C[C@@H](Oc1ccc(-c2nnco2)cc1)C(=O)c1ccc(C(C)(C)C)cc1. The van der Waals surface area contributed by atoms with E-state index in [1.165, 1.54) is 12.0 Å². The van der Waals surface area contributed by atoms with Gasteiger partial charge in [-0.2, -0.15) is 0 Å². The summed E-state index contributed by atoms with van der Waals surface area (Å²) in [6.07, 6.45) is 0.704. The first-order chi connectivity index (χ1) is 12.3. The summed E-state index contributed by atoms with van der Waals surface area (Å²) in [5, 5.41) is 7.51. The minimum absolute atomic E-state index is 0.0496. The number of ether oxygens (including phenoxy) is 1. The summed E-state index contributed by atoms with van der Waals surface area (Å²) in [7, 11) is 0. The van der Waals surface area contributed by atoms with Gasteiger partial charge in [-0.3, -0.25) is 4.79 Å². The first kappa shape index (κ1) is 17.9. The summed E-state index contributed by atoms with van der Waals surface area (Å²) in [4.78, 5) is 12.6. The number of hydrogen-bond donors (Lipinski definition) is 0. The van der Waals surface area contributed by atoms with Crippen molar-refractivity contribution >= 4 is 5.78 Å². The van der Waals surface area contributed by atoms with E-state index < -0.39 is 6.10 Å². The Morgan fingerprint density at radius 2 is 1.69 bits per heavy atom. The molecule has 26 heavy (non-hydrogen) atoms. The van der Waals surface area contributed by atoms with Gasteiger partial charge in [-0.1, -0.05) is 45.0 Å². The van der Waals surface area contributed by atoms with Crippen LogP contribution in [0.15, 0.2) is 59.3 Å². The quantitative estimate of drug-likeness (QED) is 0.625. The maximum absolute atomic E-state index is 12.6. The second-order valence-corrected chi connectivity index (χ2v) is 7.22. The number of aromatic nitrogens is 2. The molecule has 3 aromatic rings. The van der Waals surface area contributed by atoms with Crippen molar-refractivity contribution in [1.29, 1.82) is 0 Å². The Morgan fingerprint density at radius 1 is 1.04 bits per heavy atom. The van der Waals surface area contributed by atoms with Crippen LogP contribution in [-0.4, -0.2) is 22.1 Å². The van der Waals surface area contributed by atoms with Gasteiger partial charge >= 0.3 is 0 Å². The molecule has 0 fully saturated rings. The van der Waals surface area contributed by atoms with Gasteiger partial charge in [0.2, 0.25) is 18.1 Å². The van der Waals surface area contributed by atoms with Gasteiger partial charge in [0.05, 0.1) is 0 Å². The van der Waals surface area contributed by atoms with E-state index in [1.807, 2.05) is 36.4 Å². The van der Waals surface area contributed by atoms with Crippen LogP contribution >= 0.6 is 0 Å². The predicted molar refractivity (Wildman–Crippen MR) is 99.3 cm³/mol. The molecule has 0 N–H and O–H groups in total.